The first-order valence-corrected chi connectivity index (χ1v) is 8.13. The second kappa shape index (κ2) is 5.02. The van der Waals surface area contributed by atoms with Gasteiger partial charge in [0.05, 0.1) is 10.3 Å². The van der Waals surface area contributed by atoms with Crippen LogP contribution < -0.4 is 0 Å². The summed E-state index contributed by atoms with van der Waals surface area (Å²) in [6.07, 6.45) is 0. The number of nitro groups is 1. The van der Waals surface area contributed by atoms with E-state index < -0.39 is 0 Å². The molecular weight excluding hydrogens is 310 g/mol. The summed E-state index contributed by atoms with van der Waals surface area (Å²) < 4.78 is 0. The van der Waals surface area contributed by atoms with Crippen LogP contribution in [-0.4, -0.2) is 4.92 Å². The topological polar surface area (TPSA) is 43.1 Å². The average molecular weight is 323 g/mol. The van der Waals surface area contributed by atoms with Crippen LogP contribution in [-0.2, 0) is 0 Å². The van der Waals surface area contributed by atoms with Crippen molar-refractivity contribution in [2.24, 2.45) is 0 Å². The van der Waals surface area contributed by atoms with Gasteiger partial charge in [-0.2, -0.15) is 0 Å². The summed E-state index contributed by atoms with van der Waals surface area (Å²) >= 11 is 0. The van der Waals surface area contributed by atoms with Crippen LogP contribution in [0.4, 0.5) is 5.69 Å². The van der Waals surface area contributed by atoms with E-state index in [2.05, 4.69) is 36.4 Å². The molecule has 0 fully saturated rings. The molecule has 0 saturated heterocycles. The second-order valence-corrected chi connectivity index (χ2v) is 6.31. The Labute approximate surface area is 143 Å². The van der Waals surface area contributed by atoms with Crippen molar-refractivity contribution in [1.82, 2.24) is 0 Å². The van der Waals surface area contributed by atoms with Gasteiger partial charge in [0.15, 0.2) is 0 Å². The predicted molar refractivity (Wildman–Crippen MR) is 103 cm³/mol. The highest BCUT2D eigenvalue weighted by molar-refractivity contribution is 6.16. The van der Waals surface area contributed by atoms with Crippen molar-refractivity contribution in [3.63, 3.8) is 0 Å². The number of hydrogen-bond acceptors (Lipinski definition) is 2. The second-order valence-electron chi connectivity index (χ2n) is 6.31. The molecule has 0 amide bonds. The van der Waals surface area contributed by atoms with Crippen LogP contribution in [0.2, 0.25) is 0 Å². The summed E-state index contributed by atoms with van der Waals surface area (Å²) in [5, 5.41) is 19.7. The van der Waals surface area contributed by atoms with Crippen LogP contribution in [0.1, 0.15) is 0 Å². The molecule has 118 valence electrons. The number of fused-ring (bicyclic) bond motifs is 5. The number of benzene rings is 5. The van der Waals surface area contributed by atoms with Crippen LogP contribution >= 0.6 is 0 Å². The average Bonchev–Trinajstić information content (AvgIpc) is 2.64. The molecule has 0 radical (unpaired) electrons. The Hall–Kier alpha value is -3.46. The Morgan fingerprint density at radius 1 is 0.560 bits per heavy atom. The van der Waals surface area contributed by atoms with E-state index in [4.69, 9.17) is 0 Å². The highest BCUT2D eigenvalue weighted by atomic mass is 16.6. The fourth-order valence-electron chi connectivity index (χ4n) is 3.67. The van der Waals surface area contributed by atoms with Gasteiger partial charge in [-0.3, -0.25) is 10.1 Å². The third-order valence-electron chi connectivity index (χ3n) is 4.87. The number of nitrogens with zero attached hydrogens (tertiary/aromatic N) is 1. The van der Waals surface area contributed by atoms with Gasteiger partial charge in [-0.25, -0.2) is 0 Å². The van der Waals surface area contributed by atoms with Crippen LogP contribution in [0, 0.1) is 10.1 Å². The molecule has 3 heteroatoms. The van der Waals surface area contributed by atoms with E-state index >= 15 is 0 Å². The third kappa shape index (κ3) is 2.06. The fraction of sp³-hybridized carbons (Fsp3) is 0. The lowest BCUT2D eigenvalue weighted by Crippen LogP contribution is -1.89. The zero-order valence-corrected chi connectivity index (χ0v) is 13.3. The van der Waals surface area contributed by atoms with Crippen molar-refractivity contribution < 1.29 is 4.92 Å². The number of non-ortho nitro benzene ring substituents is 1. The van der Waals surface area contributed by atoms with Gasteiger partial charge in [-0.15, -0.1) is 0 Å². The molecular formula is C22H13NO2. The Kier molecular flexibility index (Phi) is 2.80. The van der Waals surface area contributed by atoms with Gasteiger partial charge in [-0.1, -0.05) is 48.5 Å². The highest BCUT2D eigenvalue weighted by Crippen LogP contribution is 2.34. The maximum absolute atomic E-state index is 11.4. The minimum Gasteiger partial charge on any atom is -0.258 e. The van der Waals surface area contributed by atoms with Crippen molar-refractivity contribution in [1.29, 1.82) is 0 Å². The molecule has 5 rings (SSSR count). The summed E-state index contributed by atoms with van der Waals surface area (Å²) in [6.45, 7) is 0. The Morgan fingerprint density at radius 2 is 1.12 bits per heavy atom. The largest absolute Gasteiger partial charge is 0.277 e. The molecule has 0 saturated carbocycles. The molecule has 0 aliphatic heterocycles. The van der Waals surface area contributed by atoms with E-state index in [-0.39, 0.29) is 10.6 Å². The maximum Gasteiger partial charge on any atom is 0.277 e. The van der Waals surface area contributed by atoms with Gasteiger partial charge in [0.25, 0.3) is 5.69 Å². The molecule has 0 heterocycles. The molecule has 0 aliphatic carbocycles. The molecule has 3 nitrogen and oxygen atoms in total. The van der Waals surface area contributed by atoms with Crippen LogP contribution in [0.15, 0.2) is 78.9 Å². The molecule has 0 aromatic heterocycles. The summed E-state index contributed by atoms with van der Waals surface area (Å²) in [4.78, 5) is 11.1. The highest BCUT2D eigenvalue weighted by Gasteiger charge is 2.13. The van der Waals surface area contributed by atoms with Crippen LogP contribution in [0.25, 0.3) is 43.1 Å². The first-order valence-electron chi connectivity index (χ1n) is 8.13. The first-order chi connectivity index (χ1) is 12.2. The van der Waals surface area contributed by atoms with E-state index in [1.165, 1.54) is 10.8 Å². The van der Waals surface area contributed by atoms with Gasteiger partial charge >= 0.3 is 0 Å². The van der Waals surface area contributed by atoms with E-state index in [1.54, 1.807) is 12.1 Å². The smallest absolute Gasteiger partial charge is 0.258 e. The molecule has 0 aliphatic rings. The standard InChI is InChI=1S/C22H13NO2/c24-23(25)22-7-3-6-16-11-18-9-8-17-10-14-4-1-2-5-15(14)12-19(17)20(18)13-21(16)22/h1-13H. The predicted octanol–water partition coefficient (Wildman–Crippen LogP) is 6.21. The van der Waals surface area contributed by atoms with Gasteiger partial charge in [0.2, 0.25) is 0 Å². The van der Waals surface area contributed by atoms with Crippen LogP contribution in [0.3, 0.4) is 0 Å². The third-order valence-corrected chi connectivity index (χ3v) is 4.87. The molecule has 0 bridgehead atoms. The lowest BCUT2D eigenvalue weighted by Gasteiger charge is -2.08. The number of rotatable bonds is 1. The fourth-order valence-corrected chi connectivity index (χ4v) is 3.67. The summed E-state index contributed by atoms with van der Waals surface area (Å²) in [7, 11) is 0. The van der Waals surface area contributed by atoms with Gasteiger partial charge in [0.1, 0.15) is 0 Å². The molecule has 5 aromatic carbocycles. The molecule has 5 aromatic rings. The summed E-state index contributed by atoms with van der Waals surface area (Å²) in [5.41, 5.74) is 0.150. The van der Waals surface area contributed by atoms with Gasteiger partial charge in [0, 0.05) is 6.07 Å². The first kappa shape index (κ1) is 13.9. The van der Waals surface area contributed by atoms with Gasteiger partial charge in [-0.05, 0) is 62.0 Å². The summed E-state index contributed by atoms with van der Waals surface area (Å²) in [6, 6.07) is 26.0. The minimum absolute atomic E-state index is 0.150. The van der Waals surface area contributed by atoms with Crippen molar-refractivity contribution in [2.45, 2.75) is 0 Å². The molecule has 0 unspecified atom stereocenters. The van der Waals surface area contributed by atoms with Crippen molar-refractivity contribution in [2.75, 3.05) is 0 Å². The lowest BCUT2D eigenvalue weighted by molar-refractivity contribution is -0.383. The van der Waals surface area contributed by atoms with E-state index in [0.717, 1.165) is 26.9 Å². The minimum atomic E-state index is -0.311. The lowest BCUT2D eigenvalue weighted by atomic mass is 9.95. The molecule has 0 N–H and O–H groups in total. The van der Waals surface area contributed by atoms with Crippen LogP contribution in [0.5, 0.6) is 0 Å². The van der Waals surface area contributed by atoms with E-state index in [9.17, 15) is 10.1 Å². The van der Waals surface area contributed by atoms with Crippen molar-refractivity contribution >= 4 is 48.8 Å². The quantitative estimate of drug-likeness (QED) is 0.159. The van der Waals surface area contributed by atoms with Crippen molar-refractivity contribution in [3.05, 3.63) is 89.0 Å². The SMILES string of the molecule is O=[N+]([O-])c1cccc2cc3ccc4cc5ccccc5cc4c3cc12. The van der Waals surface area contributed by atoms with E-state index in [0.29, 0.717) is 5.39 Å². The molecule has 25 heavy (non-hydrogen) atoms. The Balaban J connectivity index is 1.98. The zero-order chi connectivity index (χ0) is 17.0. The Bertz CT molecular complexity index is 1320. The summed E-state index contributed by atoms with van der Waals surface area (Å²) in [5.74, 6) is 0. The number of nitro benzene ring substituents is 1. The van der Waals surface area contributed by atoms with Crippen molar-refractivity contribution in [3.8, 4) is 0 Å². The molecule has 0 atom stereocenters. The van der Waals surface area contributed by atoms with E-state index in [1.807, 2.05) is 30.3 Å². The monoisotopic (exact) mass is 323 g/mol. The van der Waals surface area contributed by atoms with Gasteiger partial charge < -0.3 is 0 Å². The maximum atomic E-state index is 11.4. The molecule has 0 spiro atoms. The Morgan fingerprint density at radius 3 is 1.84 bits per heavy atom. The number of hydrogen-bond donors (Lipinski definition) is 0. The zero-order valence-electron chi connectivity index (χ0n) is 13.3. The normalized spacial score (nSPS) is 11.5.